The standard InChI is InChI=1S/C16H23NO/c18-14-8-9-15-12(11-14)7-10-16(15)17-13-5-3-1-2-4-6-13/h8-9,11,13,16-18H,1-7,10H2. The first-order valence-electron chi connectivity index (χ1n) is 7.41. The van der Waals surface area contributed by atoms with Gasteiger partial charge in [-0.25, -0.2) is 0 Å². The minimum atomic E-state index is 0.406. The van der Waals surface area contributed by atoms with Gasteiger partial charge >= 0.3 is 0 Å². The van der Waals surface area contributed by atoms with Crippen molar-refractivity contribution in [2.45, 2.75) is 63.5 Å². The molecule has 2 nitrogen and oxygen atoms in total. The number of hydrogen-bond acceptors (Lipinski definition) is 2. The summed E-state index contributed by atoms with van der Waals surface area (Å²) in [5.74, 6) is 0.406. The van der Waals surface area contributed by atoms with Gasteiger partial charge in [0.2, 0.25) is 0 Å². The molecule has 0 amide bonds. The monoisotopic (exact) mass is 245 g/mol. The highest BCUT2D eigenvalue weighted by molar-refractivity contribution is 5.40. The van der Waals surface area contributed by atoms with Gasteiger partial charge in [0, 0.05) is 12.1 Å². The Balaban J connectivity index is 1.68. The molecule has 0 aromatic heterocycles. The van der Waals surface area contributed by atoms with Crippen molar-refractivity contribution >= 4 is 0 Å². The van der Waals surface area contributed by atoms with Crippen LogP contribution in [0.3, 0.4) is 0 Å². The van der Waals surface area contributed by atoms with E-state index in [2.05, 4.69) is 11.4 Å². The highest BCUT2D eigenvalue weighted by Crippen LogP contribution is 2.34. The number of phenolic OH excluding ortho intramolecular Hbond substituents is 1. The summed E-state index contributed by atoms with van der Waals surface area (Å²) in [4.78, 5) is 0. The Bertz CT molecular complexity index is 408. The quantitative estimate of drug-likeness (QED) is 0.779. The van der Waals surface area contributed by atoms with E-state index in [9.17, 15) is 5.11 Å². The Morgan fingerprint density at radius 3 is 2.56 bits per heavy atom. The van der Waals surface area contributed by atoms with E-state index in [4.69, 9.17) is 0 Å². The number of benzene rings is 1. The van der Waals surface area contributed by atoms with Crippen molar-refractivity contribution in [1.82, 2.24) is 5.32 Å². The Morgan fingerprint density at radius 2 is 1.78 bits per heavy atom. The van der Waals surface area contributed by atoms with Crippen LogP contribution in [0, 0.1) is 0 Å². The average molecular weight is 245 g/mol. The van der Waals surface area contributed by atoms with Gasteiger partial charge in [-0.1, -0.05) is 31.7 Å². The summed E-state index contributed by atoms with van der Waals surface area (Å²) < 4.78 is 0. The molecule has 1 fully saturated rings. The molecule has 1 unspecified atom stereocenters. The number of hydrogen-bond donors (Lipinski definition) is 2. The molecule has 3 rings (SSSR count). The van der Waals surface area contributed by atoms with E-state index in [1.54, 1.807) is 0 Å². The molecule has 0 heterocycles. The summed E-state index contributed by atoms with van der Waals surface area (Å²) in [5.41, 5.74) is 2.75. The maximum atomic E-state index is 9.52. The molecule has 0 aliphatic heterocycles. The molecule has 1 saturated carbocycles. The molecule has 98 valence electrons. The van der Waals surface area contributed by atoms with Crippen LogP contribution in [0.25, 0.3) is 0 Å². The molecule has 0 bridgehead atoms. The first-order chi connectivity index (χ1) is 8.83. The minimum absolute atomic E-state index is 0.406. The van der Waals surface area contributed by atoms with E-state index in [1.165, 1.54) is 56.1 Å². The fourth-order valence-electron chi connectivity index (χ4n) is 3.51. The third-order valence-corrected chi connectivity index (χ3v) is 4.50. The van der Waals surface area contributed by atoms with Crippen LogP contribution >= 0.6 is 0 Å². The number of phenols is 1. The Labute approximate surface area is 109 Å². The van der Waals surface area contributed by atoms with Crippen LogP contribution in [0.1, 0.15) is 62.1 Å². The zero-order valence-corrected chi connectivity index (χ0v) is 11.0. The fourth-order valence-corrected chi connectivity index (χ4v) is 3.51. The summed E-state index contributed by atoms with van der Waals surface area (Å²) in [6.45, 7) is 0. The van der Waals surface area contributed by atoms with Crippen LogP contribution < -0.4 is 5.32 Å². The van der Waals surface area contributed by atoms with Crippen molar-refractivity contribution in [3.05, 3.63) is 29.3 Å². The summed E-state index contributed by atoms with van der Waals surface area (Å²) in [6.07, 6.45) is 10.6. The maximum absolute atomic E-state index is 9.52. The average Bonchev–Trinajstić information content (AvgIpc) is 2.59. The molecule has 2 N–H and O–H groups in total. The summed E-state index contributed by atoms with van der Waals surface area (Å²) in [6, 6.07) is 7.09. The van der Waals surface area contributed by atoms with E-state index in [1.807, 2.05) is 12.1 Å². The van der Waals surface area contributed by atoms with Gasteiger partial charge in [-0.15, -0.1) is 0 Å². The van der Waals surface area contributed by atoms with E-state index >= 15 is 0 Å². The molecule has 1 aromatic carbocycles. The molecule has 18 heavy (non-hydrogen) atoms. The van der Waals surface area contributed by atoms with Crippen LogP contribution in [0.4, 0.5) is 0 Å². The Morgan fingerprint density at radius 1 is 1.00 bits per heavy atom. The molecule has 2 heteroatoms. The lowest BCUT2D eigenvalue weighted by atomic mass is 10.0. The fraction of sp³-hybridized carbons (Fsp3) is 0.625. The molecule has 0 saturated heterocycles. The lowest BCUT2D eigenvalue weighted by molar-refractivity contribution is 0.397. The number of aromatic hydroxyl groups is 1. The van der Waals surface area contributed by atoms with Crippen LogP contribution in [-0.4, -0.2) is 11.1 Å². The van der Waals surface area contributed by atoms with Gasteiger partial charge in [0.1, 0.15) is 5.75 Å². The van der Waals surface area contributed by atoms with Gasteiger partial charge in [-0.05, 0) is 48.9 Å². The van der Waals surface area contributed by atoms with Crippen LogP contribution in [0.2, 0.25) is 0 Å². The van der Waals surface area contributed by atoms with Gasteiger partial charge in [-0.2, -0.15) is 0 Å². The van der Waals surface area contributed by atoms with E-state index in [0.717, 1.165) is 6.42 Å². The SMILES string of the molecule is Oc1ccc2c(c1)CCC2NC1CCCCCC1. The zero-order chi connectivity index (χ0) is 12.4. The molecule has 0 radical (unpaired) electrons. The molecule has 1 aromatic rings. The first kappa shape index (κ1) is 12.0. The number of rotatable bonds is 2. The third-order valence-electron chi connectivity index (χ3n) is 4.50. The third kappa shape index (κ3) is 2.54. The van der Waals surface area contributed by atoms with Gasteiger partial charge in [0.25, 0.3) is 0 Å². The predicted molar refractivity (Wildman–Crippen MR) is 73.8 cm³/mol. The first-order valence-corrected chi connectivity index (χ1v) is 7.41. The maximum Gasteiger partial charge on any atom is 0.115 e. The molecular formula is C16H23NO. The topological polar surface area (TPSA) is 32.3 Å². The van der Waals surface area contributed by atoms with Gasteiger partial charge in [-0.3, -0.25) is 0 Å². The number of fused-ring (bicyclic) bond motifs is 1. The molecule has 0 spiro atoms. The van der Waals surface area contributed by atoms with Crippen LogP contribution in [0.15, 0.2) is 18.2 Å². The molecule has 1 atom stereocenters. The Kier molecular flexibility index (Phi) is 3.55. The number of nitrogens with one attached hydrogen (secondary N) is 1. The lowest BCUT2D eigenvalue weighted by Crippen LogP contribution is -2.31. The highest BCUT2D eigenvalue weighted by Gasteiger charge is 2.25. The lowest BCUT2D eigenvalue weighted by Gasteiger charge is -2.22. The van der Waals surface area contributed by atoms with Crippen LogP contribution in [-0.2, 0) is 6.42 Å². The van der Waals surface area contributed by atoms with Crippen molar-refractivity contribution in [2.24, 2.45) is 0 Å². The smallest absolute Gasteiger partial charge is 0.115 e. The van der Waals surface area contributed by atoms with Crippen molar-refractivity contribution < 1.29 is 5.11 Å². The summed E-state index contributed by atoms with van der Waals surface area (Å²) in [7, 11) is 0. The zero-order valence-electron chi connectivity index (χ0n) is 11.0. The van der Waals surface area contributed by atoms with Gasteiger partial charge in [0.05, 0.1) is 0 Å². The van der Waals surface area contributed by atoms with E-state index < -0.39 is 0 Å². The van der Waals surface area contributed by atoms with Gasteiger partial charge < -0.3 is 10.4 Å². The number of aryl methyl sites for hydroxylation is 1. The predicted octanol–water partition coefficient (Wildman–Crippen LogP) is 3.69. The second kappa shape index (κ2) is 5.31. The van der Waals surface area contributed by atoms with Crippen molar-refractivity contribution in [3.63, 3.8) is 0 Å². The van der Waals surface area contributed by atoms with E-state index in [0.29, 0.717) is 17.8 Å². The second-order valence-corrected chi connectivity index (χ2v) is 5.83. The molecule has 2 aliphatic carbocycles. The molecule has 2 aliphatic rings. The van der Waals surface area contributed by atoms with Crippen molar-refractivity contribution in [2.75, 3.05) is 0 Å². The van der Waals surface area contributed by atoms with E-state index in [-0.39, 0.29) is 0 Å². The van der Waals surface area contributed by atoms with Crippen LogP contribution in [0.5, 0.6) is 5.75 Å². The van der Waals surface area contributed by atoms with Gasteiger partial charge in [0.15, 0.2) is 0 Å². The van der Waals surface area contributed by atoms with Crippen molar-refractivity contribution in [3.8, 4) is 5.75 Å². The minimum Gasteiger partial charge on any atom is -0.508 e. The van der Waals surface area contributed by atoms with Crippen molar-refractivity contribution in [1.29, 1.82) is 0 Å². The summed E-state index contributed by atoms with van der Waals surface area (Å²) >= 11 is 0. The molecular weight excluding hydrogens is 222 g/mol. The second-order valence-electron chi connectivity index (χ2n) is 5.83. The Hall–Kier alpha value is -1.02. The highest BCUT2D eigenvalue weighted by atomic mass is 16.3. The summed E-state index contributed by atoms with van der Waals surface area (Å²) in [5, 5.41) is 13.4. The largest absolute Gasteiger partial charge is 0.508 e. The normalized spacial score (nSPS) is 24.8.